The lowest BCUT2D eigenvalue weighted by atomic mass is 10.1. The van der Waals surface area contributed by atoms with Crippen LogP contribution in [0.4, 0.5) is 18.9 Å². The van der Waals surface area contributed by atoms with Gasteiger partial charge in [0, 0.05) is 12.1 Å². The Morgan fingerprint density at radius 2 is 1.89 bits per heavy atom. The molecule has 208 valence electrons. The number of alkyl halides is 3. The molecule has 0 bridgehead atoms. The van der Waals surface area contributed by atoms with Crippen molar-refractivity contribution in [2.24, 2.45) is 0 Å². The monoisotopic (exact) mass is 560 g/mol. The second kappa shape index (κ2) is 13.6. The van der Waals surface area contributed by atoms with E-state index in [-0.39, 0.29) is 28.8 Å². The van der Waals surface area contributed by atoms with Crippen LogP contribution >= 0.6 is 11.6 Å². The Morgan fingerprint density at radius 1 is 1.16 bits per heavy atom. The molecule has 1 unspecified atom stereocenters. The number of hydrogen-bond acceptors (Lipinski definition) is 7. The maximum atomic E-state index is 12.9. The highest BCUT2D eigenvalue weighted by atomic mass is 35.5. The van der Waals surface area contributed by atoms with Crippen molar-refractivity contribution in [3.63, 3.8) is 0 Å². The molecule has 9 nitrogen and oxygen atoms in total. The molecule has 2 aromatic rings. The van der Waals surface area contributed by atoms with Crippen molar-refractivity contribution in [3.8, 4) is 17.2 Å². The largest absolute Gasteiger partial charge is 0.473 e. The molecule has 38 heavy (non-hydrogen) atoms. The Balaban J connectivity index is 1.80. The second-order valence-electron chi connectivity index (χ2n) is 8.50. The van der Waals surface area contributed by atoms with Crippen molar-refractivity contribution in [2.75, 3.05) is 19.8 Å². The fraction of sp³-hybridized carbons (Fsp3) is 0.480. The molecule has 13 heteroatoms. The quantitative estimate of drug-likeness (QED) is 0.175. The second-order valence-corrected chi connectivity index (χ2v) is 8.91. The van der Waals surface area contributed by atoms with E-state index in [4.69, 9.17) is 30.5 Å². The Bertz CT molecular complexity index is 1110. The number of ether oxygens (including phenoxy) is 4. The van der Waals surface area contributed by atoms with Crippen molar-refractivity contribution in [1.29, 1.82) is 0 Å². The highest BCUT2D eigenvalue weighted by Gasteiger charge is 2.31. The maximum absolute atomic E-state index is 12.9. The summed E-state index contributed by atoms with van der Waals surface area (Å²) in [7, 11) is 0. The molecule has 1 saturated heterocycles. The Hall–Kier alpha value is -3.09. The van der Waals surface area contributed by atoms with Crippen molar-refractivity contribution < 1.29 is 41.8 Å². The minimum Gasteiger partial charge on any atom is -0.473 e. The first-order valence-electron chi connectivity index (χ1n) is 12.1. The first-order chi connectivity index (χ1) is 18.1. The summed E-state index contributed by atoms with van der Waals surface area (Å²) in [5.74, 6) is -0.804. The summed E-state index contributed by atoms with van der Waals surface area (Å²) < 4.78 is 60.9. The van der Waals surface area contributed by atoms with Gasteiger partial charge in [0.05, 0.1) is 35.3 Å². The lowest BCUT2D eigenvalue weighted by molar-refractivity contribution is -0.386. The van der Waals surface area contributed by atoms with Gasteiger partial charge in [0.2, 0.25) is 5.75 Å². The van der Waals surface area contributed by atoms with Crippen LogP contribution in [-0.2, 0) is 20.4 Å². The van der Waals surface area contributed by atoms with E-state index in [1.165, 1.54) is 12.1 Å². The standard InChI is InChI=1S/C25H28ClF3N2O7/c1-2-3-4-5-6-21(24(32)30-15-23-35-11-12-36-23)38-22-14-17(8-9-19(22)31(33)34)37-20-10-7-16(13-18(20)26)25(27,28)29/h7-10,13-14,21,23H,2-6,11-12,15H2,1H3,(H,30,32). The summed E-state index contributed by atoms with van der Waals surface area (Å²) >= 11 is 5.97. The molecule has 0 aromatic heterocycles. The molecule has 3 rings (SSSR count). The average Bonchev–Trinajstić information content (AvgIpc) is 3.39. The molecule has 1 N–H and O–H groups in total. The van der Waals surface area contributed by atoms with Gasteiger partial charge in [-0.05, 0) is 37.1 Å². The van der Waals surface area contributed by atoms with Gasteiger partial charge in [0.15, 0.2) is 12.4 Å². The molecule has 1 fully saturated rings. The molecular formula is C25H28ClF3N2O7. The van der Waals surface area contributed by atoms with Crippen LogP contribution in [0.3, 0.4) is 0 Å². The van der Waals surface area contributed by atoms with Crippen molar-refractivity contribution in [2.45, 2.75) is 57.6 Å². The molecule has 2 aromatic carbocycles. The third-order valence-corrected chi connectivity index (χ3v) is 5.93. The summed E-state index contributed by atoms with van der Waals surface area (Å²) in [6, 6.07) is 6.14. The fourth-order valence-corrected chi connectivity index (χ4v) is 3.89. The van der Waals surface area contributed by atoms with Gasteiger partial charge in [-0.15, -0.1) is 0 Å². The number of rotatable bonds is 13. The number of amides is 1. The van der Waals surface area contributed by atoms with Crippen LogP contribution in [-0.4, -0.2) is 43.0 Å². The van der Waals surface area contributed by atoms with Gasteiger partial charge < -0.3 is 24.3 Å². The fourth-order valence-electron chi connectivity index (χ4n) is 3.67. The number of nitrogens with zero attached hydrogens (tertiary/aromatic N) is 1. The smallest absolute Gasteiger partial charge is 0.416 e. The van der Waals surface area contributed by atoms with Gasteiger partial charge in [0.1, 0.15) is 11.5 Å². The van der Waals surface area contributed by atoms with Crippen LogP contribution in [0.25, 0.3) is 0 Å². The molecule has 0 saturated carbocycles. The summed E-state index contributed by atoms with van der Waals surface area (Å²) in [6.45, 7) is 2.96. The Morgan fingerprint density at radius 3 is 2.53 bits per heavy atom. The molecule has 0 radical (unpaired) electrons. The highest BCUT2D eigenvalue weighted by Crippen LogP contribution is 2.39. The van der Waals surface area contributed by atoms with E-state index in [0.717, 1.165) is 37.5 Å². The van der Waals surface area contributed by atoms with Crippen molar-refractivity contribution in [3.05, 3.63) is 57.1 Å². The van der Waals surface area contributed by atoms with E-state index in [1.807, 2.05) is 6.92 Å². The van der Waals surface area contributed by atoms with Crippen LogP contribution in [0.5, 0.6) is 17.2 Å². The molecule has 1 heterocycles. The number of nitrogens with one attached hydrogen (secondary N) is 1. The predicted molar refractivity (Wildman–Crippen MR) is 132 cm³/mol. The Labute approximate surface area is 222 Å². The number of halogens is 4. The highest BCUT2D eigenvalue weighted by molar-refractivity contribution is 6.32. The number of nitro groups is 1. The normalized spacial score (nSPS) is 14.8. The minimum atomic E-state index is -4.58. The molecule has 1 aliphatic rings. The number of carbonyl (C=O) groups is 1. The Kier molecular flexibility index (Phi) is 10.6. The zero-order valence-corrected chi connectivity index (χ0v) is 21.3. The number of unbranched alkanes of at least 4 members (excludes halogenated alkanes) is 3. The van der Waals surface area contributed by atoms with Crippen LogP contribution in [0.2, 0.25) is 5.02 Å². The van der Waals surface area contributed by atoms with E-state index in [2.05, 4.69) is 5.32 Å². The predicted octanol–water partition coefficient (Wildman–Crippen LogP) is 6.27. The number of benzene rings is 2. The summed E-state index contributed by atoms with van der Waals surface area (Å²) in [6.07, 6.45) is -2.51. The molecule has 0 aliphatic carbocycles. The van der Waals surface area contributed by atoms with Crippen molar-refractivity contribution >= 4 is 23.2 Å². The van der Waals surface area contributed by atoms with E-state index in [1.54, 1.807) is 0 Å². The van der Waals surface area contributed by atoms with Gasteiger partial charge in [0.25, 0.3) is 5.91 Å². The lowest BCUT2D eigenvalue weighted by Crippen LogP contribution is -2.42. The van der Waals surface area contributed by atoms with Crippen molar-refractivity contribution in [1.82, 2.24) is 5.32 Å². The summed E-state index contributed by atoms with van der Waals surface area (Å²) in [5, 5.41) is 14.0. The lowest BCUT2D eigenvalue weighted by Gasteiger charge is -2.20. The van der Waals surface area contributed by atoms with E-state index < -0.39 is 40.7 Å². The van der Waals surface area contributed by atoms with Crippen LogP contribution in [0.15, 0.2) is 36.4 Å². The molecule has 1 atom stereocenters. The van der Waals surface area contributed by atoms with Gasteiger partial charge in [-0.1, -0.05) is 37.8 Å². The first-order valence-corrected chi connectivity index (χ1v) is 12.5. The van der Waals surface area contributed by atoms with E-state index >= 15 is 0 Å². The maximum Gasteiger partial charge on any atom is 0.416 e. The molecular weight excluding hydrogens is 533 g/mol. The zero-order chi connectivity index (χ0) is 27.7. The third-order valence-electron chi connectivity index (χ3n) is 5.63. The van der Waals surface area contributed by atoms with Gasteiger partial charge in [-0.25, -0.2) is 0 Å². The van der Waals surface area contributed by atoms with Gasteiger partial charge >= 0.3 is 11.9 Å². The SMILES string of the molecule is CCCCCCC(Oc1cc(Oc2ccc(C(F)(F)F)cc2Cl)ccc1[N+](=O)[O-])C(=O)NCC1OCCO1. The van der Waals surface area contributed by atoms with E-state index in [9.17, 15) is 28.1 Å². The topological polar surface area (TPSA) is 109 Å². The third kappa shape index (κ3) is 8.47. The molecule has 1 aliphatic heterocycles. The molecule has 0 spiro atoms. The van der Waals surface area contributed by atoms with E-state index in [0.29, 0.717) is 32.1 Å². The van der Waals surface area contributed by atoms with Crippen LogP contribution in [0.1, 0.15) is 44.6 Å². The number of nitro benzene ring substituents is 1. The average molecular weight is 561 g/mol. The summed E-state index contributed by atoms with van der Waals surface area (Å²) in [5.41, 5.74) is -1.36. The zero-order valence-electron chi connectivity index (χ0n) is 20.6. The molecule has 1 amide bonds. The summed E-state index contributed by atoms with van der Waals surface area (Å²) in [4.78, 5) is 23.9. The van der Waals surface area contributed by atoms with Crippen LogP contribution in [0, 0.1) is 10.1 Å². The minimum absolute atomic E-state index is 0.0187. The van der Waals surface area contributed by atoms with Crippen LogP contribution < -0.4 is 14.8 Å². The van der Waals surface area contributed by atoms with Gasteiger partial charge in [-0.3, -0.25) is 14.9 Å². The number of carbonyl (C=O) groups excluding carboxylic acids is 1. The van der Waals surface area contributed by atoms with Gasteiger partial charge in [-0.2, -0.15) is 13.2 Å². The first kappa shape index (κ1) is 29.5. The number of hydrogen-bond donors (Lipinski definition) is 1.